The number of furan rings is 1. The summed E-state index contributed by atoms with van der Waals surface area (Å²) in [5, 5.41) is 16.7. The van der Waals surface area contributed by atoms with E-state index in [4.69, 9.17) is 49.3 Å². The number of aromatic nitrogens is 11. The van der Waals surface area contributed by atoms with Crippen LogP contribution in [0, 0.1) is 0 Å². The van der Waals surface area contributed by atoms with E-state index in [1.165, 1.54) is 98.1 Å². The van der Waals surface area contributed by atoms with Gasteiger partial charge in [0.05, 0.1) is 22.1 Å². The Bertz CT molecular complexity index is 9760. The topological polar surface area (TPSA) is 139 Å². The molecule has 0 amide bonds. The molecule has 0 atom stereocenters. The molecular weight excluding hydrogens is 1770 g/mol. The van der Waals surface area contributed by atoms with Gasteiger partial charge in [-0.05, 0) is 137 Å². The van der Waals surface area contributed by atoms with Gasteiger partial charge in [-0.3, -0.25) is 0 Å². The molecule has 0 saturated carbocycles. The van der Waals surface area contributed by atoms with E-state index in [2.05, 4.69) is 416 Å². The Labute approximate surface area is 835 Å². The minimum absolute atomic E-state index is 0.605. The van der Waals surface area contributed by atoms with Gasteiger partial charge in [0, 0.05) is 105 Å². The van der Waals surface area contributed by atoms with Crippen molar-refractivity contribution in [2.24, 2.45) is 0 Å². The first-order valence-corrected chi connectivity index (χ1v) is 48.7. The molecule has 0 spiro atoms. The molecule has 0 aliphatic rings. The van der Waals surface area contributed by atoms with Crippen LogP contribution in [0.25, 0.3) is 267 Å². The number of benzene rings is 22. The van der Waals surface area contributed by atoms with Gasteiger partial charge in [-0.1, -0.05) is 455 Å². The Kier molecular flexibility index (Phi) is 22.0. The molecule has 0 bridgehead atoms. The third-order valence-electron chi connectivity index (χ3n) is 27.4. The maximum absolute atomic E-state index is 6.21. The van der Waals surface area contributed by atoms with Crippen LogP contribution in [0.5, 0.6) is 0 Å². The normalized spacial score (nSPS) is 11.4. The van der Waals surface area contributed by atoms with Gasteiger partial charge in [-0.25, -0.2) is 44.9 Å². The average Bonchev–Trinajstić information content (AvgIpc) is 1.55. The number of fused-ring (bicyclic) bond motifs is 17. The Hall–Kier alpha value is -19.7. The molecule has 6 heterocycles. The van der Waals surface area contributed by atoms with Gasteiger partial charge in [0.2, 0.25) is 0 Å². The van der Waals surface area contributed by atoms with Gasteiger partial charge in [0.1, 0.15) is 11.2 Å². The van der Waals surface area contributed by atoms with E-state index >= 15 is 0 Å². The molecule has 145 heavy (non-hydrogen) atoms. The summed E-state index contributed by atoms with van der Waals surface area (Å²) in [5.74, 6) is 5.69. The van der Waals surface area contributed by atoms with E-state index in [1.54, 1.807) is 0 Å². The lowest BCUT2D eigenvalue weighted by Crippen LogP contribution is -2.00. The lowest BCUT2D eigenvalue weighted by Gasteiger charge is -2.12. The lowest BCUT2D eigenvalue weighted by atomic mass is 9.96. The SMILES string of the molecule is c1ccc(-c2ccc(-c3nc(-c4ccc(-c5ccc6ccccc6c5)cc4)nc(-c4cccc5oc6ccccc6c45)n3)cc2)cc1.c1ccc(-c2ccc(-c3nc(-c4ccccc4)nc(-c4ccc5c(ccc6c7ccccc7n(-c7ccccc7)c56)c4)n3)cc2)cc1.c1ccc(-c2ccc(-c3nc(-c4ccccc4)nc(-c4ccc5c6c7ccccc7c7ccccc7c6n(-c6ccccc6)c5c4)n3)cc2)cc1. The number of hydrogen-bond acceptors (Lipinski definition) is 10. The Morgan fingerprint density at radius 2 is 0.448 bits per heavy atom. The van der Waals surface area contributed by atoms with Crippen molar-refractivity contribution in [1.29, 1.82) is 0 Å². The molecule has 28 rings (SSSR count). The zero-order chi connectivity index (χ0) is 96.0. The molecule has 12 heteroatoms. The summed E-state index contributed by atoms with van der Waals surface area (Å²) in [4.78, 5) is 45.4. The van der Waals surface area contributed by atoms with E-state index in [0.717, 1.165) is 117 Å². The van der Waals surface area contributed by atoms with E-state index in [9.17, 15) is 0 Å². The predicted molar refractivity (Wildman–Crippen MR) is 596 cm³/mol. The quantitative estimate of drug-likeness (QED) is 0.0912. The van der Waals surface area contributed by atoms with Gasteiger partial charge in [0.15, 0.2) is 52.4 Å². The van der Waals surface area contributed by atoms with Crippen molar-refractivity contribution in [3.63, 3.8) is 0 Å². The molecule has 28 aromatic rings. The summed E-state index contributed by atoms with van der Waals surface area (Å²) < 4.78 is 11.0. The minimum atomic E-state index is 0.605. The third-order valence-corrected chi connectivity index (χ3v) is 27.4. The molecule has 0 N–H and O–H groups in total. The predicted octanol–water partition coefficient (Wildman–Crippen LogP) is 34.0. The van der Waals surface area contributed by atoms with Crippen LogP contribution < -0.4 is 0 Å². The zero-order valence-corrected chi connectivity index (χ0v) is 78.4. The van der Waals surface area contributed by atoms with Crippen LogP contribution in [0.2, 0.25) is 0 Å². The van der Waals surface area contributed by atoms with Gasteiger partial charge in [-0.15, -0.1) is 0 Å². The highest BCUT2D eigenvalue weighted by molar-refractivity contribution is 6.32. The highest BCUT2D eigenvalue weighted by Gasteiger charge is 2.25. The maximum Gasteiger partial charge on any atom is 0.164 e. The van der Waals surface area contributed by atoms with Crippen molar-refractivity contribution in [2.75, 3.05) is 0 Å². The molecule has 0 fully saturated rings. The standard InChI is InChI=1S/C47H30N4.C43H28N4.C43H27N3O/c1-4-14-31(15-5-1)32-24-26-34(27-25-32)46-48-45(33-16-6-2-7-17-33)49-47(50-46)35-28-29-41-42(30-35)51(36-18-8-3-9-19-36)44-40-23-13-11-21-38(40)37-20-10-12-22-39(37)43(41)44;1-4-12-29(13-5-1)30-20-22-32(23-21-30)42-44-41(31-14-6-2-7-15-31)45-43(46-42)34-25-26-36-33(28-34)24-27-38-37-18-10-11-19-39(37)47(40(36)38)35-16-8-3-9-17-35;1-2-9-28(10-3-1)30-17-22-32(23-18-30)41-44-42(33-24-19-31(20-25-33)35-26-21-29-11-4-5-12-34(29)27-35)46-43(45-41)37-14-8-16-39-40(37)36-13-6-7-15-38(36)47-39/h1-30H;1-28H;1-27H. The summed E-state index contributed by atoms with van der Waals surface area (Å²) >= 11 is 0. The van der Waals surface area contributed by atoms with E-state index in [0.29, 0.717) is 52.4 Å². The van der Waals surface area contributed by atoms with Crippen molar-refractivity contribution in [3.8, 4) is 158 Å². The first-order valence-electron chi connectivity index (χ1n) is 48.7. The van der Waals surface area contributed by atoms with Crippen LogP contribution >= 0.6 is 0 Å². The smallest absolute Gasteiger partial charge is 0.164 e. The van der Waals surface area contributed by atoms with E-state index in [-0.39, 0.29) is 0 Å². The van der Waals surface area contributed by atoms with Crippen molar-refractivity contribution in [3.05, 3.63) is 516 Å². The molecule has 678 valence electrons. The van der Waals surface area contributed by atoms with Crippen LogP contribution in [0.1, 0.15) is 0 Å². The van der Waals surface area contributed by atoms with Crippen molar-refractivity contribution < 1.29 is 4.42 Å². The highest BCUT2D eigenvalue weighted by Crippen LogP contribution is 2.46. The maximum atomic E-state index is 6.21. The summed E-state index contributed by atoms with van der Waals surface area (Å²) in [6, 6.07) is 179. The second kappa shape index (κ2) is 37.2. The van der Waals surface area contributed by atoms with Gasteiger partial charge >= 0.3 is 0 Å². The summed E-state index contributed by atoms with van der Waals surface area (Å²) in [6.45, 7) is 0. The van der Waals surface area contributed by atoms with Crippen molar-refractivity contribution in [1.82, 2.24) is 54.0 Å². The molecule has 0 aliphatic carbocycles. The van der Waals surface area contributed by atoms with E-state index < -0.39 is 0 Å². The van der Waals surface area contributed by atoms with Crippen LogP contribution in [-0.2, 0) is 0 Å². The molecule has 6 aromatic heterocycles. The van der Waals surface area contributed by atoms with Gasteiger partial charge in [-0.2, -0.15) is 0 Å². The van der Waals surface area contributed by atoms with Crippen molar-refractivity contribution >= 4 is 109 Å². The minimum Gasteiger partial charge on any atom is -0.456 e. The third kappa shape index (κ3) is 16.3. The molecule has 12 nitrogen and oxygen atoms in total. The second-order valence-electron chi connectivity index (χ2n) is 36.2. The number of nitrogens with zero attached hydrogens (tertiary/aromatic N) is 11. The lowest BCUT2D eigenvalue weighted by molar-refractivity contribution is 0.669. The average molecular weight is 1850 g/mol. The molecule has 0 unspecified atom stereocenters. The van der Waals surface area contributed by atoms with Crippen LogP contribution in [0.15, 0.2) is 520 Å². The number of hydrogen-bond donors (Lipinski definition) is 0. The number of rotatable bonds is 15. The fraction of sp³-hybridized carbons (Fsp3) is 0. The highest BCUT2D eigenvalue weighted by atomic mass is 16.3. The molecular formula is C133H85N11O. The fourth-order valence-electron chi connectivity index (χ4n) is 20.4. The largest absolute Gasteiger partial charge is 0.456 e. The zero-order valence-electron chi connectivity index (χ0n) is 78.4. The van der Waals surface area contributed by atoms with Crippen LogP contribution in [0.3, 0.4) is 0 Å². The summed E-state index contributed by atoms with van der Waals surface area (Å²) in [6.07, 6.45) is 0. The molecule has 0 radical (unpaired) electrons. The van der Waals surface area contributed by atoms with Crippen LogP contribution in [0.4, 0.5) is 0 Å². The monoisotopic (exact) mass is 1850 g/mol. The van der Waals surface area contributed by atoms with Crippen molar-refractivity contribution in [2.45, 2.75) is 0 Å². The number of para-hydroxylation sites is 4. The molecule has 0 saturated heterocycles. The van der Waals surface area contributed by atoms with Crippen LogP contribution in [-0.4, -0.2) is 54.0 Å². The molecule has 0 aliphatic heterocycles. The Balaban J connectivity index is 0.000000111. The first kappa shape index (κ1) is 85.7. The fourth-order valence-corrected chi connectivity index (χ4v) is 20.4. The summed E-state index contributed by atoms with van der Waals surface area (Å²) in [5.41, 5.74) is 26.3. The summed E-state index contributed by atoms with van der Waals surface area (Å²) in [7, 11) is 0. The van der Waals surface area contributed by atoms with E-state index in [1.807, 2.05) is 109 Å². The Morgan fingerprint density at radius 1 is 0.145 bits per heavy atom. The van der Waals surface area contributed by atoms with Gasteiger partial charge in [0.25, 0.3) is 0 Å². The Morgan fingerprint density at radius 3 is 0.945 bits per heavy atom. The first-order chi connectivity index (χ1) is 71.9. The second-order valence-corrected chi connectivity index (χ2v) is 36.2. The molecule has 22 aromatic carbocycles. The van der Waals surface area contributed by atoms with Gasteiger partial charge < -0.3 is 13.6 Å².